The van der Waals surface area contributed by atoms with Crippen molar-refractivity contribution in [2.75, 3.05) is 0 Å². The van der Waals surface area contributed by atoms with Gasteiger partial charge in [-0.3, -0.25) is 4.91 Å². The molecule has 0 radical (unpaired) electrons. The van der Waals surface area contributed by atoms with Crippen molar-refractivity contribution in [1.29, 1.82) is 0 Å². The highest BCUT2D eigenvalue weighted by molar-refractivity contribution is 4.64. The lowest BCUT2D eigenvalue weighted by molar-refractivity contribution is -0.696. The van der Waals surface area contributed by atoms with E-state index in [2.05, 4.69) is 41.7 Å². The van der Waals surface area contributed by atoms with E-state index in [1.807, 2.05) is 0 Å². The topological polar surface area (TPSA) is 67.5 Å². The molecular weight excluding hydrogens is 178 g/mol. The smallest absolute Gasteiger partial charge is 0.243 e. The Kier molecular flexibility index (Phi) is 7.27. The van der Waals surface area contributed by atoms with Crippen LogP contribution in [0.4, 0.5) is 0 Å². The number of aromatic nitrogens is 2. The third-order valence-electron chi connectivity index (χ3n) is 1.88. The third-order valence-corrected chi connectivity index (χ3v) is 1.88. The van der Waals surface area contributed by atoms with Crippen LogP contribution >= 0.6 is 0 Å². The summed E-state index contributed by atoms with van der Waals surface area (Å²) in [5, 5.41) is 0. The van der Waals surface area contributed by atoms with Gasteiger partial charge in [0.2, 0.25) is 6.33 Å². The molecule has 5 nitrogen and oxygen atoms in total. The first-order valence-corrected chi connectivity index (χ1v) is 4.81. The van der Waals surface area contributed by atoms with Gasteiger partial charge in [0.15, 0.2) is 0 Å². The summed E-state index contributed by atoms with van der Waals surface area (Å²) < 4.78 is 4.43. The highest BCUT2D eigenvalue weighted by Gasteiger charge is 1.98. The SMILES string of the molecule is CCCC[n+]1ccn(CC)c1.[N-]=[N+]=[N-]. The van der Waals surface area contributed by atoms with Crippen molar-refractivity contribution in [3.63, 3.8) is 0 Å². The highest BCUT2D eigenvalue weighted by Crippen LogP contribution is 1.87. The lowest BCUT2D eigenvalue weighted by Crippen LogP contribution is -2.30. The molecule has 14 heavy (non-hydrogen) atoms. The van der Waals surface area contributed by atoms with E-state index >= 15 is 0 Å². The van der Waals surface area contributed by atoms with Gasteiger partial charge < -0.3 is 11.1 Å². The molecule has 0 N–H and O–H groups in total. The Morgan fingerprint density at radius 2 is 2.00 bits per heavy atom. The third kappa shape index (κ3) is 5.22. The highest BCUT2D eigenvalue weighted by atomic mass is 15.1. The molecule has 0 aliphatic carbocycles. The lowest BCUT2D eigenvalue weighted by atomic mass is 10.3. The lowest BCUT2D eigenvalue weighted by Gasteiger charge is -1.91. The first-order chi connectivity index (χ1) is 6.78. The molecule has 0 atom stereocenters. The standard InChI is InChI=1S/C9H17N2.N3/c1-3-5-6-11-8-7-10(4-2)9-11;1-3-2/h7-9H,3-6H2,1-2H3;/q+1;-1. The summed E-state index contributed by atoms with van der Waals surface area (Å²) in [6.45, 7) is 6.60. The van der Waals surface area contributed by atoms with Gasteiger partial charge in [-0.1, -0.05) is 13.3 Å². The van der Waals surface area contributed by atoms with Gasteiger partial charge in [-0.2, -0.15) is 0 Å². The molecule has 5 heteroatoms. The molecule has 0 saturated carbocycles. The first-order valence-electron chi connectivity index (χ1n) is 4.81. The van der Waals surface area contributed by atoms with Crippen LogP contribution in [0.15, 0.2) is 18.7 Å². The molecule has 0 aromatic carbocycles. The molecule has 1 aromatic rings. The van der Waals surface area contributed by atoms with Crippen molar-refractivity contribution in [1.82, 2.24) is 4.57 Å². The fraction of sp³-hybridized carbons (Fsp3) is 0.667. The van der Waals surface area contributed by atoms with Crippen LogP contribution < -0.4 is 4.57 Å². The minimum atomic E-state index is 1.07. The minimum absolute atomic E-state index is 1.07. The van der Waals surface area contributed by atoms with Gasteiger partial charge in [0.25, 0.3) is 0 Å². The number of imidazole rings is 1. The molecule has 0 saturated heterocycles. The van der Waals surface area contributed by atoms with E-state index in [0.29, 0.717) is 0 Å². The van der Waals surface area contributed by atoms with Crippen LogP contribution in [0.2, 0.25) is 0 Å². The molecule has 0 aliphatic heterocycles. The normalized spacial score (nSPS) is 8.71. The van der Waals surface area contributed by atoms with Crippen molar-refractivity contribution in [2.45, 2.75) is 39.8 Å². The Balaban J connectivity index is 0.000000500. The molecule has 1 rings (SSSR count). The van der Waals surface area contributed by atoms with Gasteiger partial charge >= 0.3 is 0 Å². The second-order valence-corrected chi connectivity index (χ2v) is 2.92. The van der Waals surface area contributed by atoms with Crippen molar-refractivity contribution >= 4 is 0 Å². The second kappa shape index (κ2) is 8.13. The van der Waals surface area contributed by atoms with E-state index in [-0.39, 0.29) is 0 Å². The van der Waals surface area contributed by atoms with E-state index in [1.54, 1.807) is 0 Å². The Morgan fingerprint density at radius 3 is 2.43 bits per heavy atom. The zero-order valence-electron chi connectivity index (χ0n) is 8.80. The molecule has 0 aliphatic rings. The molecule has 0 spiro atoms. The fourth-order valence-electron chi connectivity index (χ4n) is 1.10. The van der Waals surface area contributed by atoms with Gasteiger partial charge in [0.1, 0.15) is 12.4 Å². The van der Waals surface area contributed by atoms with Crippen LogP contribution in [0.25, 0.3) is 16.0 Å². The van der Waals surface area contributed by atoms with E-state index in [0.717, 1.165) is 13.1 Å². The van der Waals surface area contributed by atoms with Gasteiger partial charge in [-0.05, 0) is 13.3 Å². The molecule has 0 unspecified atom stereocenters. The van der Waals surface area contributed by atoms with Crippen molar-refractivity contribution in [2.24, 2.45) is 0 Å². The van der Waals surface area contributed by atoms with Crippen LogP contribution in [-0.4, -0.2) is 4.57 Å². The van der Waals surface area contributed by atoms with Crippen LogP contribution in [-0.2, 0) is 13.1 Å². The van der Waals surface area contributed by atoms with E-state index in [4.69, 9.17) is 11.1 Å². The van der Waals surface area contributed by atoms with Gasteiger partial charge in [-0.25, -0.2) is 9.13 Å². The number of aryl methyl sites for hydroxylation is 2. The number of rotatable bonds is 4. The average Bonchev–Trinajstić information content (AvgIpc) is 2.63. The first kappa shape index (κ1) is 12.5. The van der Waals surface area contributed by atoms with Crippen LogP contribution in [0.1, 0.15) is 26.7 Å². The van der Waals surface area contributed by atoms with Crippen molar-refractivity contribution in [3.8, 4) is 0 Å². The summed E-state index contributed by atoms with van der Waals surface area (Å²) in [7, 11) is 0. The van der Waals surface area contributed by atoms with Crippen LogP contribution in [0.5, 0.6) is 0 Å². The summed E-state index contributed by atoms with van der Waals surface area (Å²) >= 11 is 0. The predicted octanol–water partition coefficient (Wildman–Crippen LogP) is 2.46. The van der Waals surface area contributed by atoms with Crippen LogP contribution in [0, 0.1) is 0 Å². The zero-order chi connectivity index (χ0) is 10.8. The van der Waals surface area contributed by atoms with Gasteiger partial charge in [0, 0.05) is 0 Å². The van der Waals surface area contributed by atoms with Crippen molar-refractivity contribution < 1.29 is 4.57 Å². The van der Waals surface area contributed by atoms with Gasteiger partial charge in [0.05, 0.1) is 13.1 Å². The molecule has 78 valence electrons. The summed E-state index contributed by atoms with van der Waals surface area (Å²) in [6, 6.07) is 0. The fourth-order valence-corrected chi connectivity index (χ4v) is 1.10. The maximum absolute atomic E-state index is 6.75. The zero-order valence-corrected chi connectivity index (χ0v) is 8.80. The van der Waals surface area contributed by atoms with Crippen molar-refractivity contribution in [3.05, 3.63) is 34.7 Å². The second-order valence-electron chi connectivity index (χ2n) is 2.92. The summed E-state index contributed by atoms with van der Waals surface area (Å²) in [4.78, 5) is 1.50. The van der Waals surface area contributed by atoms with E-state index < -0.39 is 0 Å². The molecule has 0 bridgehead atoms. The molecule has 0 fully saturated rings. The maximum atomic E-state index is 6.75. The maximum Gasteiger partial charge on any atom is 0.243 e. The number of unbranched alkanes of at least 4 members (excludes halogenated alkanes) is 1. The monoisotopic (exact) mass is 195 g/mol. The molecular formula is C9H17N5. The van der Waals surface area contributed by atoms with Gasteiger partial charge in [-0.15, -0.1) is 0 Å². The Hall–Kier alpha value is -1.48. The molecule has 1 heterocycles. The average molecular weight is 195 g/mol. The van der Waals surface area contributed by atoms with E-state index in [1.165, 1.54) is 17.8 Å². The minimum Gasteiger partial charge on any atom is -0.373 e. The summed E-state index contributed by atoms with van der Waals surface area (Å²) in [5.41, 5.74) is 13.5. The molecule has 0 amide bonds. The Bertz CT molecular complexity index is 272. The predicted molar refractivity (Wildman–Crippen MR) is 55.3 cm³/mol. The molecule has 1 aromatic heterocycles. The van der Waals surface area contributed by atoms with Crippen LogP contribution in [0.3, 0.4) is 0 Å². The quantitative estimate of drug-likeness (QED) is 0.306. The number of hydrogen-bond donors (Lipinski definition) is 0. The summed E-state index contributed by atoms with van der Waals surface area (Å²) in [5.74, 6) is 0. The largest absolute Gasteiger partial charge is 0.373 e. The Labute approximate surface area is 84.4 Å². The number of nitrogens with zero attached hydrogens (tertiary/aromatic N) is 5. The summed E-state index contributed by atoms with van der Waals surface area (Å²) in [6.07, 6.45) is 8.97. The number of hydrogen-bond acceptors (Lipinski definition) is 0. The van der Waals surface area contributed by atoms with E-state index in [9.17, 15) is 0 Å². The Morgan fingerprint density at radius 1 is 1.36 bits per heavy atom.